The van der Waals surface area contributed by atoms with Gasteiger partial charge in [0.15, 0.2) is 6.33 Å². The van der Waals surface area contributed by atoms with Gasteiger partial charge in [0.25, 0.3) is 0 Å². The van der Waals surface area contributed by atoms with Crippen LogP contribution in [0.15, 0.2) is 6.20 Å². The van der Waals surface area contributed by atoms with E-state index in [1.807, 2.05) is 6.92 Å². The van der Waals surface area contributed by atoms with E-state index in [4.69, 9.17) is 4.74 Å². The number of nitrogens with zero attached hydrogens (tertiary/aromatic N) is 2. The number of hydrogen-bond acceptors (Lipinski definition) is 3. The highest BCUT2D eigenvalue weighted by Gasteiger charge is 1.95. The van der Waals surface area contributed by atoms with Crippen LogP contribution in [0.4, 0.5) is 0 Å². The minimum Gasteiger partial charge on any atom is -0.380 e. The molecule has 0 atom stereocenters. The van der Waals surface area contributed by atoms with Gasteiger partial charge in [0.2, 0.25) is 0 Å². The molecule has 3 nitrogen and oxygen atoms in total. The first-order valence-electron chi connectivity index (χ1n) is 3.02. The SMILES string of the molecule is COCc1cn[c]nc1C. The standard InChI is InChI=1S/C7H9N2O/c1-6-7(4-10-2)3-8-5-9-6/h3H,4H2,1-2H3. The van der Waals surface area contributed by atoms with Gasteiger partial charge in [-0.15, -0.1) is 0 Å². The van der Waals surface area contributed by atoms with E-state index in [0.717, 1.165) is 11.3 Å². The van der Waals surface area contributed by atoms with Gasteiger partial charge in [0, 0.05) is 24.6 Å². The van der Waals surface area contributed by atoms with E-state index in [9.17, 15) is 0 Å². The van der Waals surface area contributed by atoms with Crippen LogP contribution in [-0.4, -0.2) is 17.1 Å². The molecule has 0 aliphatic carbocycles. The van der Waals surface area contributed by atoms with Crippen LogP contribution in [0.5, 0.6) is 0 Å². The number of ether oxygens (including phenoxy) is 1. The quantitative estimate of drug-likeness (QED) is 0.602. The van der Waals surface area contributed by atoms with Crippen molar-refractivity contribution in [2.24, 2.45) is 0 Å². The summed E-state index contributed by atoms with van der Waals surface area (Å²) >= 11 is 0. The topological polar surface area (TPSA) is 35.0 Å². The van der Waals surface area contributed by atoms with Crippen molar-refractivity contribution in [2.75, 3.05) is 7.11 Å². The molecule has 0 bridgehead atoms. The molecule has 3 heteroatoms. The lowest BCUT2D eigenvalue weighted by Gasteiger charge is -1.99. The van der Waals surface area contributed by atoms with E-state index < -0.39 is 0 Å². The zero-order valence-electron chi connectivity index (χ0n) is 6.09. The highest BCUT2D eigenvalue weighted by Crippen LogP contribution is 2.01. The third-order valence-electron chi connectivity index (χ3n) is 1.26. The third kappa shape index (κ3) is 1.51. The molecule has 53 valence electrons. The maximum Gasteiger partial charge on any atom is 0.197 e. The summed E-state index contributed by atoms with van der Waals surface area (Å²) in [7, 11) is 1.65. The molecule has 0 spiro atoms. The number of methoxy groups -OCH3 is 1. The second-order valence-corrected chi connectivity index (χ2v) is 2.01. The summed E-state index contributed by atoms with van der Waals surface area (Å²) in [4.78, 5) is 7.63. The minimum absolute atomic E-state index is 0.570. The van der Waals surface area contributed by atoms with Crippen LogP contribution >= 0.6 is 0 Å². The van der Waals surface area contributed by atoms with Crippen LogP contribution in [0, 0.1) is 13.3 Å². The van der Waals surface area contributed by atoms with E-state index in [1.54, 1.807) is 13.3 Å². The Hall–Kier alpha value is -0.960. The van der Waals surface area contributed by atoms with Gasteiger partial charge < -0.3 is 4.74 Å². The summed E-state index contributed by atoms with van der Waals surface area (Å²) in [5.41, 5.74) is 1.94. The van der Waals surface area contributed by atoms with Crippen molar-refractivity contribution >= 4 is 0 Å². The van der Waals surface area contributed by atoms with E-state index in [2.05, 4.69) is 16.3 Å². The molecule has 0 aromatic carbocycles. The van der Waals surface area contributed by atoms with Gasteiger partial charge in [-0.2, -0.15) is 0 Å². The van der Waals surface area contributed by atoms with E-state index in [0.29, 0.717) is 6.61 Å². The Morgan fingerprint density at radius 3 is 3.10 bits per heavy atom. The van der Waals surface area contributed by atoms with Crippen LogP contribution in [0.3, 0.4) is 0 Å². The highest BCUT2D eigenvalue weighted by molar-refractivity contribution is 5.12. The smallest absolute Gasteiger partial charge is 0.197 e. The molecule has 0 fully saturated rings. The molecular formula is C7H9N2O. The Balaban J connectivity index is 2.81. The molecule has 0 saturated heterocycles. The van der Waals surface area contributed by atoms with Gasteiger partial charge in [-0.25, -0.2) is 9.97 Å². The molecule has 1 rings (SSSR count). The molecule has 1 radical (unpaired) electrons. The van der Waals surface area contributed by atoms with Gasteiger partial charge in [-0.05, 0) is 6.92 Å². The fourth-order valence-corrected chi connectivity index (χ4v) is 0.673. The predicted octanol–water partition coefficient (Wildman–Crippen LogP) is 0.732. The molecule has 1 aromatic heterocycles. The second kappa shape index (κ2) is 3.27. The lowest BCUT2D eigenvalue weighted by molar-refractivity contribution is 0.183. The fraction of sp³-hybridized carbons (Fsp3) is 0.429. The lowest BCUT2D eigenvalue weighted by Crippen LogP contribution is -1.95. The van der Waals surface area contributed by atoms with Crippen molar-refractivity contribution in [3.63, 3.8) is 0 Å². The molecule has 0 N–H and O–H groups in total. The van der Waals surface area contributed by atoms with E-state index in [1.165, 1.54) is 0 Å². The van der Waals surface area contributed by atoms with Crippen molar-refractivity contribution in [1.82, 2.24) is 9.97 Å². The summed E-state index contributed by atoms with van der Waals surface area (Å²) in [5.74, 6) is 0. The second-order valence-electron chi connectivity index (χ2n) is 2.01. The Morgan fingerprint density at radius 1 is 1.70 bits per heavy atom. The first kappa shape index (κ1) is 7.15. The Bertz CT molecular complexity index is 213. The first-order valence-corrected chi connectivity index (χ1v) is 3.02. The lowest BCUT2D eigenvalue weighted by atomic mass is 10.3. The average molecular weight is 137 g/mol. The highest BCUT2D eigenvalue weighted by atomic mass is 16.5. The molecule has 1 heterocycles. The van der Waals surface area contributed by atoms with Crippen LogP contribution in [0.25, 0.3) is 0 Å². The van der Waals surface area contributed by atoms with Gasteiger partial charge in [0.1, 0.15) is 0 Å². The zero-order valence-corrected chi connectivity index (χ0v) is 6.09. The maximum absolute atomic E-state index is 4.91. The third-order valence-corrected chi connectivity index (χ3v) is 1.26. The van der Waals surface area contributed by atoms with Crippen molar-refractivity contribution < 1.29 is 4.74 Å². The van der Waals surface area contributed by atoms with Crippen LogP contribution in [-0.2, 0) is 11.3 Å². The Labute approximate surface area is 60.1 Å². The van der Waals surface area contributed by atoms with E-state index >= 15 is 0 Å². The summed E-state index contributed by atoms with van der Waals surface area (Å²) < 4.78 is 4.91. The van der Waals surface area contributed by atoms with Crippen molar-refractivity contribution in [1.29, 1.82) is 0 Å². The average Bonchev–Trinajstić information content (AvgIpc) is 1.94. The van der Waals surface area contributed by atoms with Gasteiger partial charge in [0.05, 0.1) is 6.61 Å². The van der Waals surface area contributed by atoms with Gasteiger partial charge in [-0.1, -0.05) is 0 Å². The zero-order chi connectivity index (χ0) is 7.40. The monoisotopic (exact) mass is 137 g/mol. The maximum atomic E-state index is 4.91. The Morgan fingerprint density at radius 2 is 2.50 bits per heavy atom. The molecule has 10 heavy (non-hydrogen) atoms. The number of rotatable bonds is 2. The number of aromatic nitrogens is 2. The number of aryl methyl sites for hydroxylation is 1. The molecule has 1 aromatic rings. The van der Waals surface area contributed by atoms with Gasteiger partial charge in [-0.3, -0.25) is 0 Å². The molecule has 0 saturated carbocycles. The normalized spacial score (nSPS) is 9.80. The predicted molar refractivity (Wildman–Crippen MR) is 36.3 cm³/mol. The largest absolute Gasteiger partial charge is 0.380 e. The van der Waals surface area contributed by atoms with Crippen LogP contribution in [0.2, 0.25) is 0 Å². The first-order chi connectivity index (χ1) is 4.84. The summed E-state index contributed by atoms with van der Waals surface area (Å²) in [6.45, 7) is 2.48. The molecule has 0 unspecified atom stereocenters. The van der Waals surface area contributed by atoms with Crippen LogP contribution < -0.4 is 0 Å². The van der Waals surface area contributed by atoms with Crippen LogP contribution in [0.1, 0.15) is 11.3 Å². The van der Waals surface area contributed by atoms with Crippen molar-refractivity contribution in [3.05, 3.63) is 23.8 Å². The molecule has 0 aliphatic heterocycles. The van der Waals surface area contributed by atoms with Crippen molar-refractivity contribution in [3.8, 4) is 0 Å². The summed E-state index contributed by atoms with van der Waals surface area (Å²) in [6, 6.07) is 0. The summed E-state index contributed by atoms with van der Waals surface area (Å²) in [5, 5.41) is 0. The molecule has 0 amide bonds. The Kier molecular flexibility index (Phi) is 2.34. The number of hydrogen-bond donors (Lipinski definition) is 0. The molecular weight excluding hydrogens is 128 g/mol. The fourth-order valence-electron chi connectivity index (χ4n) is 0.673. The molecule has 0 aliphatic rings. The van der Waals surface area contributed by atoms with E-state index in [-0.39, 0.29) is 0 Å². The minimum atomic E-state index is 0.570. The van der Waals surface area contributed by atoms with Crippen molar-refractivity contribution in [2.45, 2.75) is 13.5 Å². The van der Waals surface area contributed by atoms with Gasteiger partial charge >= 0.3 is 0 Å². The summed E-state index contributed by atoms with van der Waals surface area (Å²) in [6.07, 6.45) is 4.22.